The third-order valence-electron chi connectivity index (χ3n) is 3.74. The van der Waals surface area contributed by atoms with E-state index in [0.29, 0.717) is 18.1 Å². The number of hydrogen-bond acceptors (Lipinski definition) is 4. The Kier molecular flexibility index (Phi) is 4.29. The topological polar surface area (TPSA) is 86.6 Å². The van der Waals surface area contributed by atoms with Gasteiger partial charge in [-0.2, -0.15) is 0 Å². The molecule has 1 aromatic heterocycles. The van der Waals surface area contributed by atoms with Crippen molar-refractivity contribution < 1.29 is 19.0 Å². The molecule has 2 aromatic carbocycles. The Morgan fingerprint density at radius 3 is 2.54 bits per heavy atom. The number of ether oxygens (including phenoxy) is 3. The van der Waals surface area contributed by atoms with Gasteiger partial charge in [-0.25, -0.2) is 0 Å². The number of fused-ring (bicyclic) bond motifs is 1. The minimum absolute atomic E-state index is 0.332. The SMILES string of the molecule is COc1ccc(OC)c(COc2ccc3[nH]c(C(N)=O)cc3c2)c1. The summed E-state index contributed by atoms with van der Waals surface area (Å²) >= 11 is 0. The van der Waals surface area contributed by atoms with E-state index >= 15 is 0 Å². The van der Waals surface area contributed by atoms with Crippen LogP contribution in [0.25, 0.3) is 10.9 Å². The van der Waals surface area contributed by atoms with Gasteiger partial charge in [0.2, 0.25) is 0 Å². The van der Waals surface area contributed by atoms with E-state index in [-0.39, 0.29) is 0 Å². The number of amides is 1. The van der Waals surface area contributed by atoms with Gasteiger partial charge >= 0.3 is 0 Å². The number of H-pyrrole nitrogens is 1. The largest absolute Gasteiger partial charge is 0.497 e. The van der Waals surface area contributed by atoms with Gasteiger partial charge in [0, 0.05) is 16.5 Å². The number of benzene rings is 2. The predicted octanol–water partition coefficient (Wildman–Crippen LogP) is 2.86. The lowest BCUT2D eigenvalue weighted by atomic mass is 10.2. The van der Waals surface area contributed by atoms with Gasteiger partial charge in [-0.1, -0.05) is 0 Å². The highest BCUT2D eigenvalue weighted by atomic mass is 16.5. The van der Waals surface area contributed by atoms with Gasteiger partial charge in [-0.05, 0) is 42.5 Å². The number of aromatic nitrogens is 1. The van der Waals surface area contributed by atoms with Gasteiger partial charge in [-0.15, -0.1) is 0 Å². The number of carbonyl (C=O) groups excluding carboxylic acids is 1. The molecule has 0 aliphatic rings. The average molecular weight is 326 g/mol. The highest BCUT2D eigenvalue weighted by molar-refractivity contribution is 5.97. The zero-order chi connectivity index (χ0) is 17.1. The first-order chi connectivity index (χ1) is 11.6. The number of methoxy groups -OCH3 is 2. The Labute approximate surface area is 139 Å². The van der Waals surface area contributed by atoms with Crippen molar-refractivity contribution in [2.45, 2.75) is 6.61 Å². The van der Waals surface area contributed by atoms with Gasteiger partial charge in [0.15, 0.2) is 0 Å². The molecule has 1 heterocycles. The first-order valence-electron chi connectivity index (χ1n) is 7.37. The summed E-state index contributed by atoms with van der Waals surface area (Å²) in [5, 5.41) is 0.860. The molecule has 3 rings (SSSR count). The standard InChI is InChI=1S/C18H18N2O4/c1-22-13-4-6-17(23-2)12(8-13)10-24-14-3-5-15-11(7-14)9-16(20-15)18(19)21/h3-9,20H,10H2,1-2H3,(H2,19,21). The number of carbonyl (C=O) groups is 1. The predicted molar refractivity (Wildman–Crippen MR) is 90.7 cm³/mol. The van der Waals surface area contributed by atoms with E-state index in [1.54, 1.807) is 20.3 Å². The van der Waals surface area contributed by atoms with Crippen LogP contribution >= 0.6 is 0 Å². The van der Waals surface area contributed by atoms with Gasteiger partial charge < -0.3 is 24.9 Å². The highest BCUT2D eigenvalue weighted by Crippen LogP contribution is 2.27. The molecule has 6 heteroatoms. The van der Waals surface area contributed by atoms with E-state index in [1.165, 1.54) is 0 Å². The Morgan fingerprint density at radius 1 is 1.04 bits per heavy atom. The summed E-state index contributed by atoms with van der Waals surface area (Å²) in [6, 6.07) is 12.8. The molecule has 0 bridgehead atoms. The minimum atomic E-state index is -0.491. The lowest BCUT2D eigenvalue weighted by Crippen LogP contribution is -2.10. The van der Waals surface area contributed by atoms with E-state index in [0.717, 1.165) is 28.0 Å². The summed E-state index contributed by atoms with van der Waals surface area (Å²) in [5.74, 6) is 1.66. The smallest absolute Gasteiger partial charge is 0.265 e. The Morgan fingerprint density at radius 2 is 1.83 bits per heavy atom. The fourth-order valence-electron chi connectivity index (χ4n) is 2.49. The van der Waals surface area contributed by atoms with E-state index in [2.05, 4.69) is 4.98 Å². The van der Waals surface area contributed by atoms with Crippen molar-refractivity contribution in [1.82, 2.24) is 4.98 Å². The van der Waals surface area contributed by atoms with E-state index < -0.39 is 5.91 Å². The fraction of sp³-hybridized carbons (Fsp3) is 0.167. The van der Waals surface area contributed by atoms with Crippen LogP contribution in [0.15, 0.2) is 42.5 Å². The quantitative estimate of drug-likeness (QED) is 0.729. The highest BCUT2D eigenvalue weighted by Gasteiger charge is 2.09. The molecule has 0 unspecified atom stereocenters. The van der Waals surface area contributed by atoms with E-state index in [9.17, 15) is 4.79 Å². The van der Waals surface area contributed by atoms with Gasteiger partial charge in [0.05, 0.1) is 14.2 Å². The molecule has 1 amide bonds. The molecule has 0 spiro atoms. The molecular weight excluding hydrogens is 308 g/mol. The maximum Gasteiger partial charge on any atom is 0.265 e. The summed E-state index contributed by atoms with van der Waals surface area (Å²) in [7, 11) is 3.23. The molecule has 0 saturated heterocycles. The number of rotatable bonds is 6. The van der Waals surface area contributed by atoms with Crippen molar-refractivity contribution in [2.75, 3.05) is 14.2 Å². The van der Waals surface area contributed by atoms with Crippen molar-refractivity contribution in [2.24, 2.45) is 5.73 Å². The van der Waals surface area contributed by atoms with Crippen LogP contribution in [0, 0.1) is 0 Å². The lowest BCUT2D eigenvalue weighted by Gasteiger charge is -2.12. The summed E-state index contributed by atoms with van der Waals surface area (Å²) < 4.78 is 16.4. The molecule has 3 aromatic rings. The second-order valence-corrected chi connectivity index (χ2v) is 5.26. The fourth-order valence-corrected chi connectivity index (χ4v) is 2.49. The minimum Gasteiger partial charge on any atom is -0.497 e. The Bertz CT molecular complexity index is 886. The number of nitrogens with one attached hydrogen (secondary N) is 1. The second-order valence-electron chi connectivity index (χ2n) is 5.26. The summed E-state index contributed by atoms with van der Waals surface area (Å²) in [6.07, 6.45) is 0. The van der Waals surface area contributed by atoms with Crippen LogP contribution in [0.1, 0.15) is 16.1 Å². The number of primary amides is 1. The monoisotopic (exact) mass is 326 g/mol. The van der Waals surface area contributed by atoms with Crippen LogP contribution in [0.2, 0.25) is 0 Å². The molecule has 0 fully saturated rings. The molecule has 0 aliphatic carbocycles. The maximum atomic E-state index is 11.2. The van der Waals surface area contributed by atoms with Crippen LogP contribution < -0.4 is 19.9 Å². The third kappa shape index (κ3) is 3.12. The Hall–Kier alpha value is -3.15. The van der Waals surface area contributed by atoms with Crippen molar-refractivity contribution >= 4 is 16.8 Å². The molecule has 6 nitrogen and oxygen atoms in total. The van der Waals surface area contributed by atoms with E-state index in [4.69, 9.17) is 19.9 Å². The first-order valence-corrected chi connectivity index (χ1v) is 7.37. The molecule has 0 aliphatic heterocycles. The van der Waals surface area contributed by atoms with Crippen molar-refractivity contribution in [3.05, 3.63) is 53.7 Å². The lowest BCUT2D eigenvalue weighted by molar-refractivity contribution is 0.0996. The van der Waals surface area contributed by atoms with Gasteiger partial charge in [-0.3, -0.25) is 4.79 Å². The van der Waals surface area contributed by atoms with Gasteiger partial charge in [0.1, 0.15) is 29.5 Å². The third-order valence-corrected chi connectivity index (χ3v) is 3.74. The zero-order valence-corrected chi connectivity index (χ0v) is 13.5. The molecule has 3 N–H and O–H groups in total. The number of aromatic amines is 1. The summed E-state index contributed by atoms with van der Waals surface area (Å²) in [4.78, 5) is 14.2. The van der Waals surface area contributed by atoms with Crippen LogP contribution in [-0.4, -0.2) is 25.1 Å². The molecule has 124 valence electrons. The van der Waals surface area contributed by atoms with Crippen LogP contribution in [-0.2, 0) is 6.61 Å². The van der Waals surface area contributed by atoms with Crippen molar-refractivity contribution in [3.8, 4) is 17.2 Å². The van der Waals surface area contributed by atoms with Crippen LogP contribution in [0.3, 0.4) is 0 Å². The Balaban J connectivity index is 1.81. The normalized spacial score (nSPS) is 10.6. The van der Waals surface area contributed by atoms with Crippen molar-refractivity contribution in [1.29, 1.82) is 0 Å². The van der Waals surface area contributed by atoms with Crippen LogP contribution in [0.4, 0.5) is 0 Å². The van der Waals surface area contributed by atoms with Crippen molar-refractivity contribution in [3.63, 3.8) is 0 Å². The van der Waals surface area contributed by atoms with Crippen LogP contribution in [0.5, 0.6) is 17.2 Å². The molecular formula is C18H18N2O4. The summed E-state index contributed by atoms with van der Waals surface area (Å²) in [5.41, 5.74) is 7.36. The molecule has 0 saturated carbocycles. The van der Waals surface area contributed by atoms with E-state index in [1.807, 2.05) is 36.4 Å². The second kappa shape index (κ2) is 6.54. The molecule has 0 radical (unpaired) electrons. The van der Waals surface area contributed by atoms with Gasteiger partial charge in [0.25, 0.3) is 5.91 Å². The summed E-state index contributed by atoms with van der Waals surface area (Å²) in [6.45, 7) is 0.332. The maximum absolute atomic E-state index is 11.2. The first kappa shape index (κ1) is 15.7. The number of hydrogen-bond donors (Lipinski definition) is 2. The molecule has 24 heavy (non-hydrogen) atoms. The average Bonchev–Trinajstić information content (AvgIpc) is 3.03. The molecule has 0 atom stereocenters. The number of nitrogens with two attached hydrogens (primary N) is 1. The zero-order valence-electron chi connectivity index (χ0n) is 13.5.